The van der Waals surface area contributed by atoms with Crippen molar-refractivity contribution < 1.29 is 19.3 Å². The molecule has 0 bridgehead atoms. The Morgan fingerprint density at radius 2 is 3.00 bits per heavy atom. The molecular weight excluding hydrogens is 82.0 g/mol. The van der Waals surface area contributed by atoms with Crippen LogP contribution in [-0.2, 0) is 4.79 Å². The molecule has 0 fully saturated rings. The molecule has 0 saturated heterocycles. The summed E-state index contributed by atoms with van der Waals surface area (Å²) in [5, 5.41) is 10.4. The smallest absolute Gasteiger partial charge is 0.116 e. The molecule has 0 radical (unpaired) electrons. The van der Waals surface area contributed by atoms with Gasteiger partial charge < -0.3 is 15.2 Å². The van der Waals surface area contributed by atoms with E-state index in [0.29, 0.717) is 0 Å². The van der Waals surface area contributed by atoms with Crippen molar-refractivity contribution in [3.63, 3.8) is 0 Å². The van der Waals surface area contributed by atoms with Crippen LogP contribution in [0.3, 0.4) is 0 Å². The van der Waals surface area contributed by atoms with Crippen LogP contribution in [0, 0.1) is 0 Å². The van der Waals surface area contributed by atoms with E-state index in [1.54, 1.807) is 0 Å². The number of carbonyl (C=O) groups is 1. The van der Waals surface area contributed by atoms with Crippen molar-refractivity contribution in [3.05, 3.63) is 0 Å². The molecule has 0 rings (SSSR count). The molecule has 3 nitrogen and oxygen atoms in total. The van der Waals surface area contributed by atoms with Crippen LogP contribution in [0.15, 0.2) is 0 Å². The number of carboxylic acids is 1. The van der Waals surface area contributed by atoms with E-state index < -0.39 is 19.5 Å². The quantitative estimate of drug-likeness (QED) is 0.393. The molecule has 3 heteroatoms. The van der Waals surface area contributed by atoms with E-state index in [1.165, 1.54) is 0 Å². The van der Waals surface area contributed by atoms with E-state index in [2.05, 4.69) is 0 Å². The van der Waals surface area contributed by atoms with Crippen molar-refractivity contribution >= 4 is 5.97 Å². The summed E-state index contributed by atoms with van der Waals surface area (Å²) >= 11 is 0. The van der Waals surface area contributed by atoms with Crippen LogP contribution < -0.4 is 10.4 Å². The van der Waals surface area contributed by atoms with Gasteiger partial charge >= 0.3 is 0 Å². The van der Waals surface area contributed by atoms with Gasteiger partial charge in [0.2, 0.25) is 0 Å². The Morgan fingerprint density at radius 3 is 3.17 bits per heavy atom. The molecule has 0 aromatic rings. The zero-order chi connectivity index (χ0) is 7.49. The first-order chi connectivity index (χ1) is 3.92. The second-order valence-electron chi connectivity index (χ2n) is 0.780. The van der Waals surface area contributed by atoms with Crippen molar-refractivity contribution in [2.24, 2.45) is 0 Å². The molecule has 2 N–H and O–H groups in total. The monoisotopic (exact) mass is 92.1 g/mol. The first-order valence-corrected chi connectivity index (χ1v) is 1.46. The Morgan fingerprint density at radius 1 is 2.33 bits per heavy atom. The van der Waals surface area contributed by atoms with Gasteiger partial charge in [0.15, 0.2) is 0 Å². The molecular formula is C3H7NO2. The third kappa shape index (κ3) is 3.43. The van der Waals surface area contributed by atoms with Crippen LogP contribution in [0.4, 0.5) is 0 Å². The molecule has 6 heavy (non-hydrogen) atoms. The molecule has 0 aliphatic heterocycles. The lowest BCUT2D eigenvalue weighted by Gasteiger charge is -1.91. The Balaban J connectivity index is 3.39. The number of hydrogen-bond acceptors (Lipinski definition) is 2. The molecule has 0 amide bonds. The van der Waals surface area contributed by atoms with Gasteiger partial charge in [0.25, 0.3) is 0 Å². The third-order valence-corrected chi connectivity index (χ3v) is 0.269. The minimum atomic E-state index is -2.26. The largest absolute Gasteiger partial charge is 0.544 e. The van der Waals surface area contributed by atoms with Gasteiger partial charge in [0.05, 0.1) is 17.1 Å². The number of likely N-dealkylation sites (N-methyl/N-ethyl adjacent to an activating group) is 1. The van der Waals surface area contributed by atoms with Crippen LogP contribution >= 0.6 is 0 Å². The zero-order valence-electron chi connectivity index (χ0n) is 6.10. The highest BCUT2D eigenvalue weighted by Crippen LogP contribution is 1.32. The number of aliphatic carboxylic acids is 1. The lowest BCUT2D eigenvalue weighted by Crippen LogP contribution is -2.82. The summed E-state index contributed by atoms with van der Waals surface area (Å²) in [5.41, 5.74) is 0. The number of carboxylic acid groups (broad SMARTS) is 1. The fourth-order valence-electron chi connectivity index (χ4n) is 0.0833. The van der Waals surface area contributed by atoms with Crippen molar-refractivity contribution in [2.45, 2.75) is 0 Å². The lowest BCUT2D eigenvalue weighted by molar-refractivity contribution is -0.622. The predicted octanol–water partition coefficient (Wildman–Crippen LogP) is -3.07. The molecule has 0 saturated carbocycles. The van der Waals surface area contributed by atoms with E-state index in [-0.39, 0.29) is 0 Å². The number of quaternary nitrogens is 1. The van der Waals surface area contributed by atoms with Gasteiger partial charge in [-0.3, -0.25) is 0 Å². The van der Waals surface area contributed by atoms with Gasteiger partial charge in [-0.25, -0.2) is 0 Å². The topological polar surface area (TPSA) is 56.7 Å². The molecule has 0 aromatic heterocycles. The van der Waals surface area contributed by atoms with Crippen molar-refractivity contribution in [1.29, 1.82) is 0 Å². The first-order valence-electron chi connectivity index (χ1n) is 2.96. The van der Waals surface area contributed by atoms with Gasteiger partial charge in [-0.1, -0.05) is 0 Å². The van der Waals surface area contributed by atoms with Crippen LogP contribution in [0.25, 0.3) is 0 Å². The summed E-state index contributed by atoms with van der Waals surface area (Å²) in [6.45, 7) is -2.78. The summed E-state index contributed by atoms with van der Waals surface area (Å²) in [4.78, 5) is 9.65. The van der Waals surface area contributed by atoms with E-state index in [1.807, 2.05) is 0 Å². The average molecular weight is 92.1 g/mol. The lowest BCUT2D eigenvalue weighted by atomic mass is 10.7. The van der Waals surface area contributed by atoms with Gasteiger partial charge in [0.1, 0.15) is 6.54 Å². The Labute approximate surface area is 40.2 Å². The van der Waals surface area contributed by atoms with Crippen molar-refractivity contribution in [2.75, 3.05) is 13.5 Å². The summed E-state index contributed by atoms with van der Waals surface area (Å²) in [5.74, 6) is -1.37. The zero-order valence-corrected chi connectivity index (χ0v) is 3.10. The Hall–Kier alpha value is -0.570. The highest BCUT2D eigenvalue weighted by molar-refractivity contribution is 5.64. The van der Waals surface area contributed by atoms with Gasteiger partial charge in [-0.2, -0.15) is 0 Å². The Bertz CT molecular complexity index is 110. The molecule has 36 valence electrons. The van der Waals surface area contributed by atoms with Crippen LogP contribution in [0.1, 0.15) is 4.11 Å². The second-order valence-corrected chi connectivity index (χ2v) is 0.780. The predicted molar refractivity (Wildman–Crippen MR) is 17.7 cm³/mol. The summed E-state index contributed by atoms with van der Waals surface area (Å²) in [7, 11) is 0. The maximum Gasteiger partial charge on any atom is 0.116 e. The first kappa shape index (κ1) is 1.93. The molecule has 0 spiro atoms. The van der Waals surface area contributed by atoms with Crippen LogP contribution in [-0.4, -0.2) is 19.5 Å². The fourth-order valence-corrected chi connectivity index (χ4v) is 0.0833. The van der Waals surface area contributed by atoms with Gasteiger partial charge in [0, 0.05) is 0 Å². The number of carbonyl (C=O) groups excluding carboxylic acids is 1. The van der Waals surface area contributed by atoms with E-state index >= 15 is 0 Å². The minimum Gasteiger partial charge on any atom is -0.544 e. The molecule has 0 aliphatic carbocycles. The van der Waals surface area contributed by atoms with E-state index in [9.17, 15) is 9.90 Å². The number of hydrogen-bond donors (Lipinski definition) is 1. The normalized spacial score (nSPS) is 17.7. The van der Waals surface area contributed by atoms with Crippen molar-refractivity contribution in [3.8, 4) is 0 Å². The third-order valence-electron chi connectivity index (χ3n) is 0.269. The number of nitrogens with two attached hydrogens (primary N) is 1. The average Bonchev–Trinajstić information content (AvgIpc) is 1.59. The molecule has 0 heterocycles. The van der Waals surface area contributed by atoms with E-state index in [4.69, 9.17) is 4.11 Å². The van der Waals surface area contributed by atoms with Crippen molar-refractivity contribution in [1.82, 2.24) is 0 Å². The highest BCUT2D eigenvalue weighted by atomic mass is 16.4. The summed E-state index contributed by atoms with van der Waals surface area (Å²) in [6.07, 6.45) is 0. The molecule has 0 aliphatic rings. The van der Waals surface area contributed by atoms with Gasteiger partial charge in [-0.15, -0.1) is 0 Å². The molecule has 0 aromatic carbocycles. The highest BCUT2D eigenvalue weighted by Gasteiger charge is 1.76. The van der Waals surface area contributed by atoms with E-state index in [0.717, 1.165) is 5.32 Å². The second kappa shape index (κ2) is 2.66. The van der Waals surface area contributed by atoms with Crippen LogP contribution in [0.5, 0.6) is 0 Å². The Kier molecular flexibility index (Phi) is 0.854. The molecule has 0 atom stereocenters. The van der Waals surface area contributed by atoms with Crippen LogP contribution in [0.2, 0.25) is 0 Å². The fraction of sp³-hybridized carbons (Fsp3) is 0.667. The SMILES string of the molecule is [2H]C([2H])([2H])[NH2+]CC(=O)[O-]. The summed E-state index contributed by atoms with van der Waals surface area (Å²) < 4.78 is 19.5. The number of rotatable bonds is 2. The molecule has 0 unspecified atom stereocenters. The maximum absolute atomic E-state index is 9.65. The minimum absolute atomic E-state index is 0.517. The maximum atomic E-state index is 9.65. The van der Waals surface area contributed by atoms with Gasteiger partial charge in [-0.05, 0) is 0 Å². The summed E-state index contributed by atoms with van der Waals surface area (Å²) in [6, 6.07) is 0. The standard InChI is InChI=1S/C3H7NO2/c1-4-2-3(5)6/h4H,2H2,1H3,(H,5,6)/i1D3.